The summed E-state index contributed by atoms with van der Waals surface area (Å²) in [6.07, 6.45) is 3.31. The number of oxazole rings is 1. The fourth-order valence-electron chi connectivity index (χ4n) is 1.35. The van der Waals surface area contributed by atoms with Crippen molar-refractivity contribution in [2.24, 2.45) is 0 Å². The van der Waals surface area contributed by atoms with Crippen molar-refractivity contribution < 1.29 is 4.42 Å². The lowest BCUT2D eigenvalue weighted by Crippen LogP contribution is -2.03. The summed E-state index contributed by atoms with van der Waals surface area (Å²) in [6.45, 7) is 4.31. The molecule has 0 spiro atoms. The Morgan fingerprint density at radius 2 is 1.94 bits per heavy atom. The minimum atomic E-state index is 0.497. The standard InChI is InChI=1S/C11H15N5O/c1-7-8(2)17-11(15-7)6-14-10-5-13-4-9(12-3)16-10/h4-5H,6H2,1-3H3,(H2,12,14,16). The summed E-state index contributed by atoms with van der Waals surface area (Å²) in [7, 11) is 1.80. The lowest BCUT2D eigenvalue weighted by atomic mass is 10.4. The van der Waals surface area contributed by atoms with E-state index in [1.165, 1.54) is 0 Å². The Kier molecular flexibility index (Phi) is 3.22. The molecular formula is C11H15N5O. The summed E-state index contributed by atoms with van der Waals surface area (Å²) in [6, 6.07) is 0. The van der Waals surface area contributed by atoms with Crippen LogP contribution in [0.25, 0.3) is 0 Å². The van der Waals surface area contributed by atoms with Crippen molar-refractivity contribution in [3.63, 3.8) is 0 Å². The first kappa shape index (κ1) is 11.4. The summed E-state index contributed by atoms with van der Waals surface area (Å²) < 4.78 is 5.46. The average molecular weight is 233 g/mol. The Balaban J connectivity index is 2.01. The van der Waals surface area contributed by atoms with E-state index in [0.717, 1.165) is 17.3 Å². The van der Waals surface area contributed by atoms with E-state index in [9.17, 15) is 0 Å². The molecule has 2 aromatic rings. The van der Waals surface area contributed by atoms with Gasteiger partial charge in [-0.3, -0.25) is 4.98 Å². The quantitative estimate of drug-likeness (QED) is 0.837. The van der Waals surface area contributed by atoms with Gasteiger partial charge in [-0.1, -0.05) is 0 Å². The van der Waals surface area contributed by atoms with Gasteiger partial charge in [0, 0.05) is 7.05 Å². The normalized spacial score (nSPS) is 10.3. The van der Waals surface area contributed by atoms with Gasteiger partial charge in [-0.25, -0.2) is 9.97 Å². The Morgan fingerprint density at radius 1 is 1.18 bits per heavy atom. The van der Waals surface area contributed by atoms with Crippen LogP contribution in [0.4, 0.5) is 11.6 Å². The Bertz CT molecular complexity index is 489. The minimum absolute atomic E-state index is 0.497. The van der Waals surface area contributed by atoms with Crippen LogP contribution in [0.5, 0.6) is 0 Å². The minimum Gasteiger partial charge on any atom is -0.444 e. The number of nitrogens with one attached hydrogen (secondary N) is 2. The highest BCUT2D eigenvalue weighted by atomic mass is 16.4. The third kappa shape index (κ3) is 2.72. The van der Waals surface area contributed by atoms with E-state index in [-0.39, 0.29) is 0 Å². The second kappa shape index (κ2) is 4.82. The van der Waals surface area contributed by atoms with E-state index in [0.29, 0.717) is 18.3 Å². The maximum absolute atomic E-state index is 5.46. The van der Waals surface area contributed by atoms with Crippen LogP contribution >= 0.6 is 0 Å². The number of rotatable bonds is 4. The summed E-state index contributed by atoms with van der Waals surface area (Å²) in [5.41, 5.74) is 0.914. The SMILES string of the molecule is CNc1cncc(NCc2nc(C)c(C)o2)n1. The van der Waals surface area contributed by atoms with Crippen LogP contribution in [0.1, 0.15) is 17.3 Å². The van der Waals surface area contributed by atoms with E-state index in [4.69, 9.17) is 4.42 Å². The number of hydrogen-bond donors (Lipinski definition) is 2. The summed E-state index contributed by atoms with van der Waals surface area (Å²) in [5.74, 6) is 2.90. The molecule has 0 unspecified atom stereocenters. The van der Waals surface area contributed by atoms with Crippen LogP contribution in [-0.2, 0) is 6.54 Å². The monoisotopic (exact) mass is 233 g/mol. The van der Waals surface area contributed by atoms with Crippen molar-refractivity contribution in [2.75, 3.05) is 17.7 Å². The van der Waals surface area contributed by atoms with Gasteiger partial charge in [0.15, 0.2) is 0 Å². The first-order chi connectivity index (χ1) is 8.19. The van der Waals surface area contributed by atoms with Crippen molar-refractivity contribution in [1.82, 2.24) is 15.0 Å². The number of hydrogen-bond acceptors (Lipinski definition) is 6. The zero-order chi connectivity index (χ0) is 12.3. The molecule has 0 fully saturated rings. The number of anilines is 2. The predicted octanol–water partition coefficient (Wildman–Crippen LogP) is 1.74. The molecule has 17 heavy (non-hydrogen) atoms. The van der Waals surface area contributed by atoms with Crippen molar-refractivity contribution >= 4 is 11.6 Å². The highest BCUT2D eigenvalue weighted by Gasteiger charge is 2.05. The Morgan fingerprint density at radius 3 is 2.59 bits per heavy atom. The van der Waals surface area contributed by atoms with Gasteiger partial charge in [-0.2, -0.15) is 0 Å². The fraction of sp³-hybridized carbons (Fsp3) is 0.364. The lowest BCUT2D eigenvalue weighted by molar-refractivity contribution is 0.478. The number of aryl methyl sites for hydroxylation is 2. The first-order valence-electron chi connectivity index (χ1n) is 5.35. The molecule has 2 aromatic heterocycles. The molecular weight excluding hydrogens is 218 g/mol. The second-order valence-corrected chi connectivity index (χ2v) is 3.64. The Labute approximate surface area is 99.5 Å². The van der Waals surface area contributed by atoms with Crippen LogP contribution in [-0.4, -0.2) is 22.0 Å². The second-order valence-electron chi connectivity index (χ2n) is 3.64. The van der Waals surface area contributed by atoms with Crippen LogP contribution in [0.3, 0.4) is 0 Å². The molecule has 0 atom stereocenters. The van der Waals surface area contributed by atoms with Gasteiger partial charge in [0.25, 0.3) is 0 Å². The van der Waals surface area contributed by atoms with Crippen LogP contribution in [0, 0.1) is 13.8 Å². The number of nitrogens with zero attached hydrogens (tertiary/aromatic N) is 3. The molecule has 0 bridgehead atoms. The largest absolute Gasteiger partial charge is 0.444 e. The molecule has 0 aliphatic rings. The molecule has 0 saturated carbocycles. The third-order valence-corrected chi connectivity index (χ3v) is 2.38. The maximum Gasteiger partial charge on any atom is 0.213 e. The number of aromatic nitrogens is 3. The van der Waals surface area contributed by atoms with Gasteiger partial charge >= 0.3 is 0 Å². The molecule has 2 N–H and O–H groups in total. The average Bonchev–Trinajstić information content (AvgIpc) is 2.67. The van der Waals surface area contributed by atoms with Crippen molar-refractivity contribution in [3.8, 4) is 0 Å². The molecule has 0 aromatic carbocycles. The Hall–Kier alpha value is -2.11. The third-order valence-electron chi connectivity index (χ3n) is 2.38. The zero-order valence-electron chi connectivity index (χ0n) is 10.1. The van der Waals surface area contributed by atoms with Gasteiger partial charge in [-0.15, -0.1) is 0 Å². The van der Waals surface area contributed by atoms with Crippen molar-refractivity contribution in [1.29, 1.82) is 0 Å². The molecule has 2 rings (SSSR count). The van der Waals surface area contributed by atoms with Crippen LogP contribution < -0.4 is 10.6 Å². The molecule has 90 valence electrons. The maximum atomic E-state index is 5.46. The molecule has 6 nitrogen and oxygen atoms in total. The topological polar surface area (TPSA) is 75.9 Å². The zero-order valence-corrected chi connectivity index (χ0v) is 10.1. The molecule has 0 aliphatic carbocycles. The van der Waals surface area contributed by atoms with Crippen molar-refractivity contribution in [2.45, 2.75) is 20.4 Å². The van der Waals surface area contributed by atoms with Gasteiger partial charge < -0.3 is 15.1 Å². The highest BCUT2D eigenvalue weighted by molar-refractivity contribution is 5.40. The molecule has 0 radical (unpaired) electrons. The smallest absolute Gasteiger partial charge is 0.213 e. The fourth-order valence-corrected chi connectivity index (χ4v) is 1.35. The highest BCUT2D eigenvalue weighted by Crippen LogP contribution is 2.11. The van der Waals surface area contributed by atoms with Gasteiger partial charge in [0.05, 0.1) is 24.6 Å². The molecule has 2 heterocycles. The van der Waals surface area contributed by atoms with Gasteiger partial charge in [0.2, 0.25) is 5.89 Å². The van der Waals surface area contributed by atoms with Gasteiger partial charge in [-0.05, 0) is 13.8 Å². The first-order valence-corrected chi connectivity index (χ1v) is 5.35. The summed E-state index contributed by atoms with van der Waals surface area (Å²) >= 11 is 0. The van der Waals surface area contributed by atoms with Crippen molar-refractivity contribution in [3.05, 3.63) is 29.7 Å². The lowest BCUT2D eigenvalue weighted by Gasteiger charge is -2.04. The van der Waals surface area contributed by atoms with Crippen LogP contribution in [0.15, 0.2) is 16.8 Å². The van der Waals surface area contributed by atoms with Gasteiger partial charge in [0.1, 0.15) is 17.4 Å². The van der Waals surface area contributed by atoms with Crippen LogP contribution in [0.2, 0.25) is 0 Å². The molecule has 0 aliphatic heterocycles. The van der Waals surface area contributed by atoms with E-state index in [1.807, 2.05) is 13.8 Å². The van der Waals surface area contributed by atoms with E-state index >= 15 is 0 Å². The summed E-state index contributed by atoms with van der Waals surface area (Å²) in [5, 5.41) is 6.03. The summed E-state index contributed by atoms with van der Waals surface area (Å²) in [4.78, 5) is 12.6. The molecule has 0 saturated heterocycles. The molecule has 6 heteroatoms. The van der Waals surface area contributed by atoms with E-state index < -0.39 is 0 Å². The molecule has 0 amide bonds. The van der Waals surface area contributed by atoms with E-state index in [2.05, 4.69) is 25.6 Å². The predicted molar refractivity (Wildman–Crippen MR) is 64.9 cm³/mol. The van der Waals surface area contributed by atoms with E-state index in [1.54, 1.807) is 19.4 Å².